The van der Waals surface area contributed by atoms with Crippen LogP contribution < -0.4 is 20.4 Å². The first-order chi connectivity index (χ1) is 23.9. The van der Waals surface area contributed by atoms with Crippen LogP contribution in [0, 0.1) is 11.3 Å². The summed E-state index contributed by atoms with van der Waals surface area (Å²) in [6.45, 7) is 3.38. The van der Waals surface area contributed by atoms with Gasteiger partial charge in [0, 0.05) is 67.8 Å². The molecule has 1 aliphatic carbocycles. The molecule has 3 aliphatic rings. The fraction of sp³-hybridized carbons (Fsp3) is 0.459. The fourth-order valence-electron chi connectivity index (χ4n) is 7.85. The Morgan fingerprint density at radius 3 is 2.41 bits per heavy atom. The van der Waals surface area contributed by atoms with Crippen LogP contribution in [-0.2, 0) is 13.6 Å². The zero-order chi connectivity index (χ0) is 33.8. The molecule has 12 nitrogen and oxygen atoms in total. The van der Waals surface area contributed by atoms with Crippen molar-refractivity contribution in [1.82, 2.24) is 34.9 Å². The molecule has 2 amide bonds. The van der Waals surface area contributed by atoms with Crippen molar-refractivity contribution in [3.63, 3.8) is 0 Å². The number of carbonyl (C=O) groups excluding carboxylic acids is 1. The maximum absolute atomic E-state index is 13.8. The molecule has 0 radical (unpaired) electrons. The summed E-state index contributed by atoms with van der Waals surface area (Å²) < 4.78 is 1.76. The minimum Gasteiger partial charge on any atom is -0.355 e. The van der Waals surface area contributed by atoms with E-state index in [0.29, 0.717) is 29.4 Å². The number of anilines is 3. The van der Waals surface area contributed by atoms with Crippen LogP contribution in [0.5, 0.6) is 0 Å². The van der Waals surface area contributed by atoms with Crippen LogP contribution in [0.3, 0.4) is 0 Å². The number of nitriles is 1. The first-order valence-electron chi connectivity index (χ1n) is 17.5. The Kier molecular flexibility index (Phi) is 9.44. The molecule has 254 valence electrons. The number of nitrogens with one attached hydrogen (secondary N) is 2. The summed E-state index contributed by atoms with van der Waals surface area (Å²) in [7, 11) is 4.14. The number of hydrogen-bond acceptors (Lipinski definition) is 9. The molecule has 3 fully saturated rings. The number of likely N-dealkylation sites (tertiary alicyclic amines) is 1. The van der Waals surface area contributed by atoms with E-state index in [1.807, 2.05) is 73.0 Å². The van der Waals surface area contributed by atoms with Crippen LogP contribution in [0.1, 0.15) is 62.5 Å². The van der Waals surface area contributed by atoms with Gasteiger partial charge in [0.15, 0.2) is 5.82 Å². The van der Waals surface area contributed by atoms with Crippen LogP contribution in [-0.4, -0.2) is 80.0 Å². The molecule has 1 aromatic carbocycles. The van der Waals surface area contributed by atoms with Crippen molar-refractivity contribution in [1.29, 1.82) is 5.26 Å². The van der Waals surface area contributed by atoms with Gasteiger partial charge in [-0.3, -0.25) is 9.58 Å². The molecule has 12 heteroatoms. The molecule has 1 spiro atoms. The summed E-state index contributed by atoms with van der Waals surface area (Å²) in [5.74, 6) is 1.91. The number of pyridine rings is 1. The molecule has 4 aromatic rings. The van der Waals surface area contributed by atoms with E-state index in [4.69, 9.17) is 9.97 Å². The average Bonchev–Trinajstić information content (AvgIpc) is 3.73. The summed E-state index contributed by atoms with van der Waals surface area (Å²) in [6.07, 6.45) is 15.2. The predicted molar refractivity (Wildman–Crippen MR) is 190 cm³/mol. The number of nitrogens with zero attached hydrogens (tertiary/aromatic N) is 9. The van der Waals surface area contributed by atoms with E-state index in [1.165, 1.54) is 19.4 Å². The Morgan fingerprint density at radius 2 is 1.76 bits per heavy atom. The molecule has 2 saturated heterocycles. The van der Waals surface area contributed by atoms with E-state index in [0.717, 1.165) is 74.1 Å². The molecule has 7 rings (SSSR count). The highest BCUT2D eigenvalue weighted by molar-refractivity contribution is 5.91. The van der Waals surface area contributed by atoms with Gasteiger partial charge in [0.05, 0.1) is 12.4 Å². The third-order valence-corrected chi connectivity index (χ3v) is 10.8. The van der Waals surface area contributed by atoms with Gasteiger partial charge in [-0.25, -0.2) is 14.8 Å². The molecule has 1 saturated carbocycles. The van der Waals surface area contributed by atoms with E-state index in [2.05, 4.69) is 43.6 Å². The van der Waals surface area contributed by atoms with Crippen molar-refractivity contribution in [3.05, 3.63) is 78.4 Å². The third kappa shape index (κ3) is 7.08. The lowest BCUT2D eigenvalue weighted by atomic mass is 9.85. The molecule has 0 unspecified atom stereocenters. The molecule has 2 N–H and O–H groups in total. The molecular formula is C37H45N11O. The third-order valence-electron chi connectivity index (χ3n) is 10.8. The molecule has 0 atom stereocenters. The summed E-state index contributed by atoms with van der Waals surface area (Å²) in [5, 5.41) is 20.8. The number of aromatic nitrogens is 5. The van der Waals surface area contributed by atoms with Gasteiger partial charge in [-0.05, 0) is 82.7 Å². The van der Waals surface area contributed by atoms with Gasteiger partial charge in [0.25, 0.3) is 0 Å². The fourth-order valence-corrected chi connectivity index (χ4v) is 7.85. The lowest BCUT2D eigenvalue weighted by Gasteiger charge is -2.44. The van der Waals surface area contributed by atoms with Gasteiger partial charge in [0.1, 0.15) is 17.5 Å². The number of rotatable bonds is 8. The predicted octanol–water partition coefficient (Wildman–Crippen LogP) is 5.35. The minimum absolute atomic E-state index is 0.0163. The molecular weight excluding hydrogens is 614 g/mol. The normalized spacial score (nSPS) is 20.6. The topological polar surface area (TPSA) is 131 Å². The van der Waals surface area contributed by atoms with Gasteiger partial charge in [0.2, 0.25) is 5.95 Å². The average molecular weight is 660 g/mol. The number of amides is 2. The first kappa shape index (κ1) is 32.5. The number of benzene rings is 1. The molecule has 3 aromatic heterocycles. The molecule has 2 aliphatic heterocycles. The number of urea groups is 1. The Bertz CT molecular complexity index is 1770. The van der Waals surface area contributed by atoms with E-state index in [-0.39, 0.29) is 18.1 Å². The highest BCUT2D eigenvalue weighted by atomic mass is 16.2. The SMILES string of the molecule is CN1CCCC12CCN(c1nc(N[C@H]3CC[C@H](N(C(=O)NCc4ccccc4)c4ccc(-c5cnn(C)c5)cn4)CC3)ncc1C#N)CC2. The van der Waals surface area contributed by atoms with E-state index < -0.39 is 0 Å². The first-order valence-corrected chi connectivity index (χ1v) is 17.5. The second-order valence-corrected chi connectivity index (χ2v) is 13.8. The van der Waals surface area contributed by atoms with Crippen LogP contribution >= 0.6 is 0 Å². The second kappa shape index (κ2) is 14.2. The standard InChI is InChI=1S/C37H45N11O/c1-45-18-6-15-37(45)16-19-47(20-17-37)34-29(21-38)24-40-35(44-34)43-31-10-12-32(13-11-31)48(36(49)41-22-27-7-4-3-5-8-27)33-14-9-28(23-39-33)30-25-42-46(2)26-30/h3-5,7-9,14,23-26,31-32H,6,10-13,15-20,22H2,1-2H3,(H,41,49)(H,40,43,44)/t31-,32-. The van der Waals surface area contributed by atoms with Gasteiger partial charge in [-0.2, -0.15) is 15.3 Å². The number of hydrogen-bond donors (Lipinski definition) is 2. The van der Waals surface area contributed by atoms with Gasteiger partial charge >= 0.3 is 6.03 Å². The Balaban J connectivity index is 1.02. The van der Waals surface area contributed by atoms with Crippen LogP contribution in [0.15, 0.2) is 67.3 Å². The molecule has 0 bridgehead atoms. The van der Waals surface area contributed by atoms with E-state index in [1.54, 1.807) is 10.9 Å². The second-order valence-electron chi connectivity index (χ2n) is 13.8. The van der Waals surface area contributed by atoms with Crippen LogP contribution in [0.25, 0.3) is 11.1 Å². The summed E-state index contributed by atoms with van der Waals surface area (Å²) in [4.78, 5) is 34.6. The molecule has 49 heavy (non-hydrogen) atoms. The lowest BCUT2D eigenvalue weighted by molar-refractivity contribution is 0.137. The zero-order valence-electron chi connectivity index (χ0n) is 28.4. The Morgan fingerprint density at radius 1 is 0.959 bits per heavy atom. The highest BCUT2D eigenvalue weighted by Crippen LogP contribution is 2.38. The Hall–Kier alpha value is -5.02. The maximum atomic E-state index is 13.8. The van der Waals surface area contributed by atoms with Crippen molar-refractivity contribution in [3.8, 4) is 17.2 Å². The minimum atomic E-state index is -0.158. The monoisotopic (exact) mass is 659 g/mol. The van der Waals surface area contributed by atoms with E-state index >= 15 is 0 Å². The van der Waals surface area contributed by atoms with Gasteiger partial charge in [-0.1, -0.05) is 30.3 Å². The maximum Gasteiger partial charge on any atom is 0.323 e. The van der Waals surface area contributed by atoms with Crippen molar-refractivity contribution in [2.24, 2.45) is 7.05 Å². The summed E-state index contributed by atoms with van der Waals surface area (Å²) in [5.41, 5.74) is 3.78. The smallest absolute Gasteiger partial charge is 0.323 e. The van der Waals surface area contributed by atoms with Crippen LogP contribution in [0.2, 0.25) is 0 Å². The quantitative estimate of drug-likeness (QED) is 0.257. The van der Waals surface area contributed by atoms with Crippen molar-refractivity contribution in [2.45, 2.75) is 75.5 Å². The Labute approximate surface area is 288 Å². The van der Waals surface area contributed by atoms with Gasteiger partial charge < -0.3 is 20.4 Å². The van der Waals surface area contributed by atoms with Gasteiger partial charge in [-0.15, -0.1) is 0 Å². The largest absolute Gasteiger partial charge is 0.355 e. The van der Waals surface area contributed by atoms with Crippen molar-refractivity contribution < 1.29 is 4.79 Å². The summed E-state index contributed by atoms with van der Waals surface area (Å²) >= 11 is 0. The van der Waals surface area contributed by atoms with Crippen molar-refractivity contribution in [2.75, 3.05) is 41.8 Å². The lowest BCUT2D eigenvalue weighted by Crippen LogP contribution is -2.51. The summed E-state index contributed by atoms with van der Waals surface area (Å²) in [6, 6.07) is 16.2. The van der Waals surface area contributed by atoms with Crippen LogP contribution in [0.4, 0.5) is 22.4 Å². The zero-order valence-corrected chi connectivity index (χ0v) is 28.4. The molecule has 5 heterocycles. The van der Waals surface area contributed by atoms with Crippen molar-refractivity contribution >= 4 is 23.6 Å². The number of piperidine rings is 1. The highest BCUT2D eigenvalue weighted by Gasteiger charge is 2.41. The number of aryl methyl sites for hydroxylation is 1. The number of carbonyl (C=O) groups is 1. The van der Waals surface area contributed by atoms with E-state index in [9.17, 15) is 10.1 Å².